The third-order valence-corrected chi connectivity index (χ3v) is 2.81. The van der Waals surface area contributed by atoms with Crippen molar-refractivity contribution in [1.29, 1.82) is 0 Å². The molecule has 22 heavy (non-hydrogen) atoms. The van der Waals surface area contributed by atoms with Crippen LogP contribution in [0.4, 0.5) is 4.39 Å². The highest BCUT2D eigenvalue weighted by Gasteiger charge is 2.07. The average molecular weight is 300 g/mol. The molecule has 1 N–H and O–H groups in total. The van der Waals surface area contributed by atoms with E-state index in [-0.39, 0.29) is 5.56 Å². The molecule has 0 aliphatic carbocycles. The summed E-state index contributed by atoms with van der Waals surface area (Å²) in [5.41, 5.74) is 0.729. The zero-order valence-corrected chi connectivity index (χ0v) is 11.5. The van der Waals surface area contributed by atoms with Gasteiger partial charge in [0.2, 0.25) is 0 Å². The van der Waals surface area contributed by atoms with Crippen molar-refractivity contribution in [1.82, 2.24) is 0 Å². The van der Waals surface area contributed by atoms with Gasteiger partial charge in [-0.05, 0) is 35.9 Å². The van der Waals surface area contributed by atoms with E-state index in [0.29, 0.717) is 11.3 Å². The fourth-order valence-corrected chi connectivity index (χ4v) is 1.74. The first-order valence-electron chi connectivity index (χ1n) is 6.48. The number of benzene rings is 2. The number of carbonyl (C=O) groups excluding carboxylic acids is 1. The lowest BCUT2D eigenvalue weighted by Gasteiger charge is -2.02. The van der Waals surface area contributed by atoms with E-state index in [2.05, 4.69) is 0 Å². The van der Waals surface area contributed by atoms with Crippen LogP contribution in [0.5, 0.6) is 5.75 Å². The summed E-state index contributed by atoms with van der Waals surface area (Å²) in [6.45, 7) is -0.416. The Morgan fingerprint density at radius 1 is 1.09 bits per heavy atom. The highest BCUT2D eigenvalue weighted by molar-refractivity contribution is 6.06. The Morgan fingerprint density at radius 3 is 2.41 bits per heavy atom. The number of ketones is 1. The Morgan fingerprint density at radius 2 is 1.77 bits per heavy atom. The largest absolute Gasteiger partial charge is 0.482 e. The predicted octanol–water partition coefficient (Wildman–Crippen LogP) is 3.19. The monoisotopic (exact) mass is 300 g/mol. The zero-order valence-electron chi connectivity index (χ0n) is 11.5. The molecule has 0 saturated carbocycles. The van der Waals surface area contributed by atoms with Crippen LogP contribution >= 0.6 is 0 Å². The third-order valence-electron chi connectivity index (χ3n) is 2.81. The minimum absolute atomic E-state index is 0.0140. The lowest BCUT2D eigenvalue weighted by molar-refractivity contribution is -0.139. The first kappa shape index (κ1) is 15.4. The molecule has 0 saturated heterocycles. The summed E-state index contributed by atoms with van der Waals surface area (Å²) in [6, 6.07) is 12.3. The van der Waals surface area contributed by atoms with E-state index in [9.17, 15) is 14.0 Å². The van der Waals surface area contributed by atoms with Gasteiger partial charge in [-0.25, -0.2) is 9.18 Å². The molecule has 5 heteroatoms. The molecule has 0 amide bonds. The number of halogens is 1. The quantitative estimate of drug-likeness (QED) is 0.657. The van der Waals surface area contributed by atoms with E-state index in [1.165, 1.54) is 24.3 Å². The van der Waals surface area contributed by atoms with Crippen LogP contribution < -0.4 is 4.74 Å². The Labute approximate surface area is 126 Å². The van der Waals surface area contributed by atoms with Gasteiger partial charge in [0, 0.05) is 0 Å². The van der Waals surface area contributed by atoms with Crippen LogP contribution in [0.2, 0.25) is 0 Å². The van der Waals surface area contributed by atoms with Crippen molar-refractivity contribution < 1.29 is 23.8 Å². The van der Waals surface area contributed by atoms with E-state index in [0.717, 1.165) is 0 Å². The van der Waals surface area contributed by atoms with Crippen molar-refractivity contribution in [2.24, 2.45) is 0 Å². The Balaban J connectivity index is 2.02. The van der Waals surface area contributed by atoms with E-state index >= 15 is 0 Å². The van der Waals surface area contributed by atoms with Gasteiger partial charge >= 0.3 is 5.97 Å². The molecule has 0 aliphatic heterocycles. The summed E-state index contributed by atoms with van der Waals surface area (Å²) in [6.07, 6.45) is 2.83. The molecular weight excluding hydrogens is 287 g/mol. The number of carbonyl (C=O) groups is 2. The van der Waals surface area contributed by atoms with Gasteiger partial charge in [-0.2, -0.15) is 0 Å². The average Bonchev–Trinajstić information content (AvgIpc) is 2.52. The van der Waals surface area contributed by atoms with Crippen molar-refractivity contribution in [3.05, 3.63) is 71.6 Å². The standard InChI is InChI=1S/C17H13FO4/c18-15-4-2-1-3-14(15)16(19)10-7-12-5-8-13(9-6-12)22-11-17(20)21/h1-10H,11H2,(H,20,21)/b10-7+. The highest BCUT2D eigenvalue weighted by atomic mass is 19.1. The second-order valence-corrected chi connectivity index (χ2v) is 4.43. The van der Waals surface area contributed by atoms with Gasteiger partial charge in [0.1, 0.15) is 11.6 Å². The fourth-order valence-electron chi connectivity index (χ4n) is 1.74. The number of hydrogen-bond acceptors (Lipinski definition) is 3. The molecular formula is C17H13FO4. The van der Waals surface area contributed by atoms with Crippen LogP contribution in [0.1, 0.15) is 15.9 Å². The predicted molar refractivity (Wildman–Crippen MR) is 79.3 cm³/mol. The molecule has 0 spiro atoms. The Bertz CT molecular complexity index is 705. The first-order valence-corrected chi connectivity index (χ1v) is 6.48. The molecule has 0 aromatic heterocycles. The summed E-state index contributed by atoms with van der Waals surface area (Å²) in [4.78, 5) is 22.2. The highest BCUT2D eigenvalue weighted by Crippen LogP contribution is 2.14. The molecule has 0 fully saturated rings. The second-order valence-electron chi connectivity index (χ2n) is 4.43. The molecule has 2 aromatic carbocycles. The number of allylic oxidation sites excluding steroid dienone is 1. The van der Waals surface area contributed by atoms with Crippen LogP contribution in [-0.2, 0) is 4.79 Å². The smallest absolute Gasteiger partial charge is 0.341 e. The van der Waals surface area contributed by atoms with Crippen molar-refractivity contribution in [3.8, 4) is 5.75 Å². The summed E-state index contributed by atoms with van der Waals surface area (Å²) >= 11 is 0. The maximum Gasteiger partial charge on any atom is 0.341 e. The Kier molecular flexibility index (Phi) is 5.03. The summed E-state index contributed by atoms with van der Waals surface area (Å²) in [5, 5.41) is 8.50. The molecule has 0 unspecified atom stereocenters. The van der Waals surface area contributed by atoms with Crippen LogP contribution in [0.25, 0.3) is 6.08 Å². The third kappa shape index (κ3) is 4.28. The van der Waals surface area contributed by atoms with Gasteiger partial charge in [0.25, 0.3) is 0 Å². The van der Waals surface area contributed by atoms with Gasteiger partial charge in [0.05, 0.1) is 5.56 Å². The molecule has 2 rings (SSSR count). The topological polar surface area (TPSA) is 63.6 Å². The minimum Gasteiger partial charge on any atom is -0.482 e. The van der Waals surface area contributed by atoms with Gasteiger partial charge in [0.15, 0.2) is 12.4 Å². The molecule has 0 aliphatic rings. The van der Waals surface area contributed by atoms with E-state index in [4.69, 9.17) is 9.84 Å². The van der Waals surface area contributed by atoms with Crippen molar-refractivity contribution in [3.63, 3.8) is 0 Å². The molecule has 2 aromatic rings. The maximum absolute atomic E-state index is 13.4. The molecule has 112 valence electrons. The first-order chi connectivity index (χ1) is 10.6. The second kappa shape index (κ2) is 7.17. The Hall–Kier alpha value is -2.95. The summed E-state index contributed by atoms with van der Waals surface area (Å²) < 4.78 is 18.4. The number of carboxylic acid groups (broad SMARTS) is 1. The minimum atomic E-state index is -1.06. The van der Waals surface area contributed by atoms with E-state index < -0.39 is 24.2 Å². The molecule has 0 atom stereocenters. The van der Waals surface area contributed by atoms with Gasteiger partial charge in [-0.15, -0.1) is 0 Å². The molecule has 4 nitrogen and oxygen atoms in total. The van der Waals surface area contributed by atoms with E-state index in [1.807, 2.05) is 0 Å². The SMILES string of the molecule is O=C(O)COc1ccc(/C=C/C(=O)c2ccccc2F)cc1. The van der Waals surface area contributed by atoms with Crippen molar-refractivity contribution >= 4 is 17.8 Å². The van der Waals surface area contributed by atoms with Crippen molar-refractivity contribution in [2.45, 2.75) is 0 Å². The molecule has 0 bridgehead atoms. The van der Waals surface area contributed by atoms with Gasteiger partial charge in [-0.1, -0.05) is 30.3 Å². The molecule has 0 heterocycles. The van der Waals surface area contributed by atoms with Crippen molar-refractivity contribution in [2.75, 3.05) is 6.61 Å². The number of carboxylic acids is 1. The van der Waals surface area contributed by atoms with Crippen LogP contribution in [0.15, 0.2) is 54.6 Å². The number of rotatable bonds is 6. The number of aliphatic carboxylic acids is 1. The summed E-state index contributed by atoms with van der Waals surface area (Å²) in [7, 11) is 0. The maximum atomic E-state index is 13.4. The van der Waals surface area contributed by atoms with Gasteiger partial charge in [-0.3, -0.25) is 4.79 Å². The number of hydrogen-bond donors (Lipinski definition) is 1. The van der Waals surface area contributed by atoms with Crippen LogP contribution in [0, 0.1) is 5.82 Å². The normalized spacial score (nSPS) is 10.6. The lowest BCUT2D eigenvalue weighted by Crippen LogP contribution is -2.09. The fraction of sp³-hybridized carbons (Fsp3) is 0.0588. The lowest BCUT2D eigenvalue weighted by atomic mass is 10.1. The number of ether oxygens (including phenoxy) is 1. The van der Waals surface area contributed by atoms with E-state index in [1.54, 1.807) is 36.4 Å². The van der Waals surface area contributed by atoms with Crippen LogP contribution in [-0.4, -0.2) is 23.5 Å². The molecule has 0 radical (unpaired) electrons. The zero-order chi connectivity index (χ0) is 15.9. The van der Waals surface area contributed by atoms with Gasteiger partial charge < -0.3 is 9.84 Å². The van der Waals surface area contributed by atoms with Crippen LogP contribution in [0.3, 0.4) is 0 Å². The summed E-state index contributed by atoms with van der Waals surface area (Å²) in [5.74, 6) is -1.63.